The van der Waals surface area contributed by atoms with Crippen molar-refractivity contribution < 1.29 is 0 Å². The fraction of sp³-hybridized carbons (Fsp3) is 0.143. The molecule has 11 heavy (non-hydrogen) atoms. The molecule has 64 valence electrons. The minimum Gasteiger partial charge on any atom is -0.397 e. The van der Waals surface area contributed by atoms with Crippen LogP contribution in [-0.2, 0) is 0 Å². The van der Waals surface area contributed by atoms with E-state index in [4.69, 9.17) is 11.5 Å². The SMILES string of the molecule is Cc1ccc(N)c(N)c1.Cl.Cl. The second-order valence-electron chi connectivity index (χ2n) is 2.13. The largest absolute Gasteiger partial charge is 0.397 e. The predicted octanol–water partition coefficient (Wildman–Crippen LogP) is 2.00. The van der Waals surface area contributed by atoms with Gasteiger partial charge in [0.2, 0.25) is 0 Å². The summed E-state index contributed by atoms with van der Waals surface area (Å²) in [5.74, 6) is 0. The topological polar surface area (TPSA) is 52.0 Å². The van der Waals surface area contributed by atoms with Crippen LogP contribution >= 0.6 is 24.8 Å². The molecule has 0 atom stereocenters. The van der Waals surface area contributed by atoms with E-state index in [0.29, 0.717) is 11.4 Å². The first-order chi connectivity index (χ1) is 4.20. The molecule has 4 heteroatoms. The van der Waals surface area contributed by atoms with Crippen LogP contribution in [0.1, 0.15) is 5.56 Å². The molecule has 4 N–H and O–H groups in total. The van der Waals surface area contributed by atoms with Crippen LogP contribution in [0.4, 0.5) is 11.4 Å². The van der Waals surface area contributed by atoms with Gasteiger partial charge in [-0.2, -0.15) is 0 Å². The summed E-state index contributed by atoms with van der Waals surface area (Å²) in [5.41, 5.74) is 13.4. The number of nitrogen functional groups attached to an aromatic ring is 2. The summed E-state index contributed by atoms with van der Waals surface area (Å²) in [4.78, 5) is 0. The molecule has 0 bridgehead atoms. The number of anilines is 2. The van der Waals surface area contributed by atoms with Gasteiger partial charge in [-0.15, -0.1) is 24.8 Å². The zero-order chi connectivity index (χ0) is 6.85. The van der Waals surface area contributed by atoms with E-state index in [1.807, 2.05) is 25.1 Å². The lowest BCUT2D eigenvalue weighted by atomic mass is 10.2. The average molecular weight is 195 g/mol. The Hall–Kier alpha value is -0.600. The Kier molecular flexibility index (Phi) is 6.04. The highest BCUT2D eigenvalue weighted by molar-refractivity contribution is 5.85. The minimum atomic E-state index is 0. The molecule has 1 aromatic carbocycles. The predicted molar refractivity (Wildman–Crippen MR) is 54.5 cm³/mol. The van der Waals surface area contributed by atoms with E-state index in [1.165, 1.54) is 0 Å². The third-order valence-electron chi connectivity index (χ3n) is 1.24. The summed E-state index contributed by atoms with van der Waals surface area (Å²) < 4.78 is 0. The first kappa shape index (κ1) is 13.0. The molecule has 0 heterocycles. The molecule has 0 spiro atoms. The summed E-state index contributed by atoms with van der Waals surface area (Å²) in [5, 5.41) is 0. The first-order valence-corrected chi connectivity index (χ1v) is 2.82. The van der Waals surface area contributed by atoms with Crippen molar-refractivity contribution >= 4 is 36.2 Å². The summed E-state index contributed by atoms with van der Waals surface area (Å²) in [6, 6.07) is 5.60. The fourth-order valence-electron chi connectivity index (χ4n) is 0.694. The van der Waals surface area contributed by atoms with Gasteiger partial charge in [0.1, 0.15) is 0 Å². The van der Waals surface area contributed by atoms with Gasteiger partial charge in [-0.25, -0.2) is 0 Å². The standard InChI is InChI=1S/C7H10N2.2ClH/c1-5-2-3-6(8)7(9)4-5;;/h2-4H,8-9H2,1H3;2*1H. The van der Waals surface area contributed by atoms with E-state index in [1.54, 1.807) is 0 Å². The zero-order valence-electron chi connectivity index (χ0n) is 6.20. The number of hydrogen-bond donors (Lipinski definition) is 2. The average Bonchev–Trinajstić information content (AvgIpc) is 1.80. The summed E-state index contributed by atoms with van der Waals surface area (Å²) in [6.07, 6.45) is 0. The molecule has 2 nitrogen and oxygen atoms in total. The Morgan fingerprint density at radius 3 is 1.91 bits per heavy atom. The number of benzene rings is 1. The molecule has 0 saturated carbocycles. The van der Waals surface area contributed by atoms with E-state index in [-0.39, 0.29) is 24.8 Å². The lowest BCUT2D eigenvalue weighted by Gasteiger charge is -1.98. The molecule has 0 aromatic heterocycles. The molecular formula is C7H12Cl2N2. The smallest absolute Gasteiger partial charge is 0.0550 e. The maximum Gasteiger partial charge on any atom is 0.0550 e. The molecule has 0 fully saturated rings. The van der Waals surface area contributed by atoms with Gasteiger partial charge in [0, 0.05) is 0 Å². The number of nitrogens with two attached hydrogens (primary N) is 2. The maximum atomic E-state index is 5.50. The first-order valence-electron chi connectivity index (χ1n) is 2.82. The van der Waals surface area contributed by atoms with Gasteiger partial charge in [-0.3, -0.25) is 0 Å². The van der Waals surface area contributed by atoms with Gasteiger partial charge in [0.15, 0.2) is 0 Å². The van der Waals surface area contributed by atoms with Crippen LogP contribution in [0.25, 0.3) is 0 Å². The zero-order valence-corrected chi connectivity index (χ0v) is 7.84. The highest BCUT2D eigenvalue weighted by atomic mass is 35.5. The number of halogens is 2. The van der Waals surface area contributed by atoms with Crippen LogP contribution < -0.4 is 11.5 Å². The van der Waals surface area contributed by atoms with Crippen molar-refractivity contribution in [1.29, 1.82) is 0 Å². The Bertz CT molecular complexity index is 226. The molecular weight excluding hydrogens is 183 g/mol. The van der Waals surface area contributed by atoms with Gasteiger partial charge in [0.25, 0.3) is 0 Å². The Labute approximate surface area is 78.8 Å². The third-order valence-corrected chi connectivity index (χ3v) is 1.24. The van der Waals surface area contributed by atoms with Crippen molar-refractivity contribution in [3.8, 4) is 0 Å². The van der Waals surface area contributed by atoms with Gasteiger partial charge < -0.3 is 11.5 Å². The van der Waals surface area contributed by atoms with E-state index >= 15 is 0 Å². The normalized spacial score (nSPS) is 7.73. The fourth-order valence-corrected chi connectivity index (χ4v) is 0.694. The molecule has 0 radical (unpaired) electrons. The van der Waals surface area contributed by atoms with Gasteiger partial charge in [-0.1, -0.05) is 6.07 Å². The van der Waals surface area contributed by atoms with Crippen molar-refractivity contribution in [1.82, 2.24) is 0 Å². The molecule has 0 saturated heterocycles. The van der Waals surface area contributed by atoms with Crippen LogP contribution in [0.5, 0.6) is 0 Å². The third kappa shape index (κ3) is 3.35. The van der Waals surface area contributed by atoms with E-state index in [2.05, 4.69) is 0 Å². The van der Waals surface area contributed by atoms with Gasteiger partial charge in [-0.05, 0) is 24.6 Å². The van der Waals surface area contributed by atoms with Crippen molar-refractivity contribution in [2.24, 2.45) is 0 Å². The van der Waals surface area contributed by atoms with Gasteiger partial charge >= 0.3 is 0 Å². The van der Waals surface area contributed by atoms with Crippen LogP contribution in [0.15, 0.2) is 18.2 Å². The van der Waals surface area contributed by atoms with Crippen LogP contribution in [-0.4, -0.2) is 0 Å². The lowest BCUT2D eigenvalue weighted by molar-refractivity contribution is 1.47. The Morgan fingerprint density at radius 2 is 1.55 bits per heavy atom. The van der Waals surface area contributed by atoms with E-state index in [0.717, 1.165) is 5.56 Å². The maximum absolute atomic E-state index is 5.50. The molecule has 1 aromatic rings. The van der Waals surface area contributed by atoms with E-state index in [9.17, 15) is 0 Å². The summed E-state index contributed by atoms with van der Waals surface area (Å²) in [6.45, 7) is 1.98. The highest BCUT2D eigenvalue weighted by Gasteiger charge is 1.90. The lowest BCUT2D eigenvalue weighted by Crippen LogP contribution is -1.93. The highest BCUT2D eigenvalue weighted by Crippen LogP contribution is 2.14. The van der Waals surface area contributed by atoms with Crippen molar-refractivity contribution in [2.45, 2.75) is 6.92 Å². The van der Waals surface area contributed by atoms with E-state index < -0.39 is 0 Å². The molecule has 0 aliphatic heterocycles. The quantitative estimate of drug-likeness (QED) is 0.622. The second-order valence-corrected chi connectivity index (χ2v) is 2.13. The van der Waals surface area contributed by atoms with Gasteiger partial charge in [0.05, 0.1) is 11.4 Å². The Morgan fingerprint density at radius 1 is 1.00 bits per heavy atom. The van der Waals surface area contributed by atoms with Crippen molar-refractivity contribution in [3.63, 3.8) is 0 Å². The van der Waals surface area contributed by atoms with Crippen molar-refractivity contribution in [2.75, 3.05) is 11.5 Å². The minimum absolute atomic E-state index is 0. The number of rotatable bonds is 0. The molecule has 1 rings (SSSR count). The molecule has 0 aliphatic carbocycles. The second kappa shape index (κ2) is 5.10. The molecule has 0 aliphatic rings. The number of aryl methyl sites for hydroxylation is 1. The molecule has 0 amide bonds. The van der Waals surface area contributed by atoms with Crippen molar-refractivity contribution in [3.05, 3.63) is 23.8 Å². The van der Waals surface area contributed by atoms with Crippen LogP contribution in [0.3, 0.4) is 0 Å². The monoisotopic (exact) mass is 194 g/mol. The molecule has 0 unspecified atom stereocenters. The van der Waals surface area contributed by atoms with Crippen LogP contribution in [0, 0.1) is 6.92 Å². The summed E-state index contributed by atoms with van der Waals surface area (Å²) in [7, 11) is 0. The number of hydrogen-bond acceptors (Lipinski definition) is 2. The summed E-state index contributed by atoms with van der Waals surface area (Å²) >= 11 is 0. The van der Waals surface area contributed by atoms with Crippen LogP contribution in [0.2, 0.25) is 0 Å². The Balaban J connectivity index is 0.